The number of ketones is 1. The molecule has 1 aliphatic rings. The number of rotatable bonds is 8. The third-order valence-electron chi connectivity index (χ3n) is 4.88. The third-order valence-corrected chi connectivity index (χ3v) is 5.85. The van der Waals surface area contributed by atoms with Crippen molar-refractivity contribution in [2.75, 3.05) is 7.05 Å². The number of nitrogens with one attached hydrogen (secondary N) is 1. The fraction of sp³-hybridized carbons (Fsp3) is 0.409. The normalized spacial score (nSPS) is 13.2. The SMILES string of the molecule is Cc1cc(C(=O)CCC(=O)N(C)Cc2ccc(C(=O)NC3CC3)cc2)c(C)s1. The minimum absolute atomic E-state index is 0.0228. The molecule has 1 fully saturated rings. The number of benzene rings is 1. The fourth-order valence-electron chi connectivity index (χ4n) is 3.07. The number of nitrogens with zero attached hydrogens (tertiary/aromatic N) is 1. The van der Waals surface area contributed by atoms with Gasteiger partial charge in [-0.3, -0.25) is 14.4 Å². The largest absolute Gasteiger partial charge is 0.349 e. The molecule has 0 spiro atoms. The minimum atomic E-state index is -0.0616. The molecule has 6 heteroatoms. The highest BCUT2D eigenvalue weighted by atomic mass is 32.1. The van der Waals surface area contributed by atoms with Crippen molar-refractivity contribution in [2.45, 2.75) is 52.1 Å². The van der Waals surface area contributed by atoms with Gasteiger partial charge in [-0.25, -0.2) is 0 Å². The maximum absolute atomic E-state index is 12.4. The first-order chi connectivity index (χ1) is 13.3. The van der Waals surface area contributed by atoms with E-state index in [4.69, 9.17) is 0 Å². The lowest BCUT2D eigenvalue weighted by atomic mass is 10.1. The van der Waals surface area contributed by atoms with E-state index in [1.165, 1.54) is 0 Å². The van der Waals surface area contributed by atoms with Crippen molar-refractivity contribution in [3.05, 3.63) is 56.8 Å². The molecule has 3 rings (SSSR count). The van der Waals surface area contributed by atoms with Crippen LogP contribution >= 0.6 is 11.3 Å². The predicted molar refractivity (Wildman–Crippen MR) is 111 cm³/mol. The lowest BCUT2D eigenvalue weighted by Gasteiger charge is -2.17. The van der Waals surface area contributed by atoms with Gasteiger partial charge in [-0.1, -0.05) is 12.1 Å². The molecule has 0 bridgehead atoms. The van der Waals surface area contributed by atoms with Gasteiger partial charge in [0.1, 0.15) is 0 Å². The average molecular weight is 399 g/mol. The summed E-state index contributed by atoms with van der Waals surface area (Å²) in [6.45, 7) is 4.37. The summed E-state index contributed by atoms with van der Waals surface area (Å²) in [7, 11) is 1.74. The smallest absolute Gasteiger partial charge is 0.251 e. The molecule has 1 aliphatic carbocycles. The van der Waals surface area contributed by atoms with Crippen LogP contribution in [0.15, 0.2) is 30.3 Å². The number of hydrogen-bond donors (Lipinski definition) is 1. The maximum atomic E-state index is 12.4. The minimum Gasteiger partial charge on any atom is -0.349 e. The van der Waals surface area contributed by atoms with Gasteiger partial charge in [-0.15, -0.1) is 11.3 Å². The van der Waals surface area contributed by atoms with Crippen LogP contribution in [0.3, 0.4) is 0 Å². The summed E-state index contributed by atoms with van der Waals surface area (Å²) in [5.74, 6) is -0.0842. The summed E-state index contributed by atoms with van der Waals surface area (Å²) in [4.78, 5) is 40.5. The Balaban J connectivity index is 1.48. The number of thiophene rings is 1. The van der Waals surface area contributed by atoms with Gasteiger partial charge in [0.25, 0.3) is 5.91 Å². The number of Topliss-reactive ketones (excluding diaryl/α,β-unsaturated/α-hetero) is 1. The summed E-state index contributed by atoms with van der Waals surface area (Å²) in [5.41, 5.74) is 2.32. The molecule has 0 aliphatic heterocycles. The van der Waals surface area contributed by atoms with Gasteiger partial charge in [0.2, 0.25) is 5.91 Å². The van der Waals surface area contributed by atoms with Crippen molar-refractivity contribution in [1.82, 2.24) is 10.2 Å². The van der Waals surface area contributed by atoms with Crippen molar-refractivity contribution < 1.29 is 14.4 Å². The van der Waals surface area contributed by atoms with Crippen LogP contribution in [0, 0.1) is 13.8 Å². The summed E-state index contributed by atoms with van der Waals surface area (Å²) in [6.07, 6.45) is 2.54. The van der Waals surface area contributed by atoms with Crippen molar-refractivity contribution in [3.8, 4) is 0 Å². The Labute approximate surface area is 169 Å². The summed E-state index contributed by atoms with van der Waals surface area (Å²) < 4.78 is 0. The second-order valence-electron chi connectivity index (χ2n) is 7.44. The second-order valence-corrected chi connectivity index (χ2v) is 8.90. The summed E-state index contributed by atoms with van der Waals surface area (Å²) in [6, 6.07) is 9.55. The summed E-state index contributed by atoms with van der Waals surface area (Å²) >= 11 is 1.60. The van der Waals surface area contributed by atoms with E-state index in [0.717, 1.165) is 33.7 Å². The molecule has 1 saturated carbocycles. The number of carbonyl (C=O) groups excluding carboxylic acids is 3. The molecular weight excluding hydrogens is 372 g/mol. The molecule has 2 amide bonds. The van der Waals surface area contributed by atoms with E-state index in [9.17, 15) is 14.4 Å². The number of hydrogen-bond acceptors (Lipinski definition) is 4. The van der Waals surface area contributed by atoms with E-state index in [2.05, 4.69) is 5.32 Å². The van der Waals surface area contributed by atoms with Gasteiger partial charge in [-0.2, -0.15) is 0 Å². The molecule has 0 atom stereocenters. The number of amides is 2. The first-order valence-electron chi connectivity index (χ1n) is 9.57. The Bertz CT molecular complexity index is 882. The molecule has 2 aromatic rings. The maximum Gasteiger partial charge on any atom is 0.251 e. The highest BCUT2D eigenvalue weighted by Gasteiger charge is 2.23. The zero-order chi connectivity index (χ0) is 20.3. The third kappa shape index (κ3) is 5.29. The Morgan fingerprint density at radius 1 is 1.11 bits per heavy atom. The summed E-state index contributed by atoms with van der Waals surface area (Å²) in [5, 5.41) is 2.96. The first kappa shape index (κ1) is 20.3. The van der Waals surface area contributed by atoms with Gasteiger partial charge in [0.05, 0.1) is 0 Å². The van der Waals surface area contributed by atoms with Crippen LogP contribution in [0.5, 0.6) is 0 Å². The van der Waals surface area contributed by atoms with Gasteiger partial charge in [0, 0.05) is 53.4 Å². The molecule has 5 nitrogen and oxygen atoms in total. The molecule has 28 heavy (non-hydrogen) atoms. The Morgan fingerprint density at radius 2 is 1.79 bits per heavy atom. The van der Waals surface area contributed by atoms with Crippen LogP contribution in [-0.2, 0) is 11.3 Å². The molecule has 148 valence electrons. The van der Waals surface area contributed by atoms with Crippen LogP contribution < -0.4 is 5.32 Å². The van der Waals surface area contributed by atoms with E-state index >= 15 is 0 Å². The van der Waals surface area contributed by atoms with Crippen LogP contribution in [0.25, 0.3) is 0 Å². The molecule has 0 unspecified atom stereocenters. The van der Waals surface area contributed by atoms with Crippen LogP contribution in [0.4, 0.5) is 0 Å². The van der Waals surface area contributed by atoms with Gasteiger partial charge < -0.3 is 10.2 Å². The molecule has 1 N–H and O–H groups in total. The molecule has 0 saturated heterocycles. The predicted octanol–water partition coefficient (Wildman–Crippen LogP) is 3.88. The van der Waals surface area contributed by atoms with Crippen molar-refractivity contribution >= 4 is 28.9 Å². The first-order valence-corrected chi connectivity index (χ1v) is 10.4. The lowest BCUT2D eigenvalue weighted by molar-refractivity contribution is -0.130. The van der Waals surface area contributed by atoms with Crippen molar-refractivity contribution in [2.24, 2.45) is 0 Å². The second kappa shape index (κ2) is 8.69. The topological polar surface area (TPSA) is 66.5 Å². The molecule has 1 heterocycles. The highest BCUT2D eigenvalue weighted by Crippen LogP contribution is 2.22. The standard InChI is InChI=1S/C22H26N2O3S/c1-14-12-19(15(2)28-14)20(25)10-11-21(26)24(3)13-16-4-6-17(7-5-16)22(27)23-18-8-9-18/h4-7,12,18H,8-11,13H2,1-3H3,(H,23,27). The molecule has 0 radical (unpaired) electrons. The Morgan fingerprint density at radius 3 is 2.36 bits per heavy atom. The number of carbonyl (C=O) groups is 3. The number of aryl methyl sites for hydroxylation is 2. The van der Waals surface area contributed by atoms with E-state index in [-0.39, 0.29) is 30.4 Å². The molecule has 1 aromatic carbocycles. The van der Waals surface area contributed by atoms with Crippen LogP contribution in [0.2, 0.25) is 0 Å². The lowest BCUT2D eigenvalue weighted by Crippen LogP contribution is -2.27. The molecule has 1 aromatic heterocycles. The van der Waals surface area contributed by atoms with E-state index in [1.54, 1.807) is 35.4 Å². The van der Waals surface area contributed by atoms with Crippen LogP contribution in [-0.4, -0.2) is 35.6 Å². The average Bonchev–Trinajstić information content (AvgIpc) is 3.41. The van der Waals surface area contributed by atoms with Gasteiger partial charge >= 0.3 is 0 Å². The Kier molecular flexibility index (Phi) is 6.29. The molecular formula is C22H26N2O3S. The monoisotopic (exact) mass is 398 g/mol. The Hall–Kier alpha value is -2.47. The van der Waals surface area contributed by atoms with Gasteiger partial charge in [0.15, 0.2) is 5.78 Å². The quantitative estimate of drug-likeness (QED) is 0.686. The van der Waals surface area contributed by atoms with Crippen LogP contribution in [0.1, 0.15) is 61.7 Å². The highest BCUT2D eigenvalue weighted by molar-refractivity contribution is 7.12. The van der Waals surface area contributed by atoms with Crippen molar-refractivity contribution in [1.29, 1.82) is 0 Å². The fourth-order valence-corrected chi connectivity index (χ4v) is 4.02. The van der Waals surface area contributed by atoms with E-state index in [1.807, 2.05) is 32.0 Å². The zero-order valence-electron chi connectivity index (χ0n) is 16.6. The van der Waals surface area contributed by atoms with Gasteiger partial charge in [-0.05, 0) is 50.5 Å². The van der Waals surface area contributed by atoms with Crippen molar-refractivity contribution in [3.63, 3.8) is 0 Å². The van der Waals surface area contributed by atoms with E-state index in [0.29, 0.717) is 18.2 Å². The van der Waals surface area contributed by atoms with E-state index < -0.39 is 0 Å². The zero-order valence-corrected chi connectivity index (χ0v) is 17.4.